The number of nitrogens with one attached hydrogen (secondary N) is 1. The first-order chi connectivity index (χ1) is 6.74. The zero-order valence-electron chi connectivity index (χ0n) is 11.2. The van der Waals surface area contributed by atoms with Crippen LogP contribution in [-0.4, -0.2) is 27.5 Å². The highest BCUT2D eigenvalue weighted by atomic mass is 28.4. The van der Waals surface area contributed by atoms with E-state index in [1.807, 2.05) is 0 Å². The quantitative estimate of drug-likeness (QED) is 0.751. The Balaban J connectivity index is 2.42. The molecule has 0 aliphatic carbocycles. The molecule has 0 aromatic heterocycles. The van der Waals surface area contributed by atoms with E-state index in [4.69, 9.17) is 4.43 Å². The summed E-state index contributed by atoms with van der Waals surface area (Å²) in [5.41, 5.74) is 0. The summed E-state index contributed by atoms with van der Waals surface area (Å²) in [5.74, 6) is 0.773. The second-order valence-corrected chi connectivity index (χ2v) is 11.2. The van der Waals surface area contributed by atoms with E-state index in [1.165, 1.54) is 6.42 Å². The highest BCUT2D eigenvalue weighted by Crippen LogP contribution is 2.36. The lowest BCUT2D eigenvalue weighted by Crippen LogP contribution is -2.44. The van der Waals surface area contributed by atoms with Gasteiger partial charge in [-0.05, 0) is 37.0 Å². The van der Waals surface area contributed by atoms with Gasteiger partial charge in [0.2, 0.25) is 0 Å². The first-order valence-electron chi connectivity index (χ1n) is 6.11. The van der Waals surface area contributed by atoms with Crippen molar-refractivity contribution in [2.24, 2.45) is 5.92 Å². The summed E-state index contributed by atoms with van der Waals surface area (Å²) in [4.78, 5) is 0. The molecule has 0 unspecified atom stereocenters. The molecule has 1 heterocycles. The van der Waals surface area contributed by atoms with E-state index in [0.717, 1.165) is 19.1 Å². The van der Waals surface area contributed by atoms with Gasteiger partial charge in [0.15, 0.2) is 8.32 Å². The van der Waals surface area contributed by atoms with Gasteiger partial charge in [0.25, 0.3) is 0 Å². The van der Waals surface area contributed by atoms with Crippen molar-refractivity contribution in [1.29, 1.82) is 0 Å². The van der Waals surface area contributed by atoms with Crippen LogP contribution in [0.15, 0.2) is 0 Å². The van der Waals surface area contributed by atoms with E-state index in [2.05, 4.69) is 46.1 Å². The highest BCUT2D eigenvalue weighted by Gasteiger charge is 2.38. The topological polar surface area (TPSA) is 21.3 Å². The Kier molecular flexibility index (Phi) is 4.01. The molecule has 1 fully saturated rings. The van der Waals surface area contributed by atoms with Gasteiger partial charge in [0.05, 0.1) is 0 Å². The summed E-state index contributed by atoms with van der Waals surface area (Å²) in [5, 5.41) is 3.86. The van der Waals surface area contributed by atoms with Crippen molar-refractivity contribution in [3.63, 3.8) is 0 Å². The Morgan fingerprint density at radius 1 is 1.33 bits per heavy atom. The minimum absolute atomic E-state index is 0.328. The average molecular weight is 229 g/mol. The van der Waals surface area contributed by atoms with Gasteiger partial charge < -0.3 is 9.74 Å². The molecule has 0 bridgehead atoms. The lowest BCUT2D eigenvalue weighted by atomic mass is 10.1. The molecule has 90 valence electrons. The number of rotatable bonds is 3. The number of hydrogen-bond acceptors (Lipinski definition) is 2. The van der Waals surface area contributed by atoms with Gasteiger partial charge in [-0.25, -0.2) is 0 Å². The van der Waals surface area contributed by atoms with Crippen LogP contribution in [-0.2, 0) is 4.43 Å². The monoisotopic (exact) mass is 229 g/mol. The Labute approximate surface area is 95.9 Å². The van der Waals surface area contributed by atoms with Crippen LogP contribution in [0.2, 0.25) is 18.1 Å². The van der Waals surface area contributed by atoms with Crippen LogP contribution in [0.4, 0.5) is 0 Å². The lowest BCUT2D eigenvalue weighted by molar-refractivity contribution is 0.233. The van der Waals surface area contributed by atoms with Crippen molar-refractivity contribution in [1.82, 2.24) is 5.32 Å². The van der Waals surface area contributed by atoms with Crippen molar-refractivity contribution in [2.45, 2.75) is 58.3 Å². The molecule has 3 heteroatoms. The van der Waals surface area contributed by atoms with E-state index in [1.54, 1.807) is 0 Å². The zero-order chi connectivity index (χ0) is 11.7. The summed E-state index contributed by atoms with van der Waals surface area (Å²) < 4.78 is 6.22. The maximum atomic E-state index is 6.22. The fraction of sp³-hybridized carbons (Fsp3) is 1.00. The summed E-state index contributed by atoms with van der Waals surface area (Å²) in [7, 11) is -1.54. The van der Waals surface area contributed by atoms with Crippen molar-refractivity contribution < 1.29 is 4.43 Å². The average Bonchev–Trinajstić information content (AvgIpc) is 2.46. The second-order valence-electron chi connectivity index (χ2n) is 6.40. The second kappa shape index (κ2) is 4.56. The van der Waals surface area contributed by atoms with Crippen LogP contribution < -0.4 is 5.32 Å². The highest BCUT2D eigenvalue weighted by molar-refractivity contribution is 6.74. The molecule has 15 heavy (non-hydrogen) atoms. The fourth-order valence-corrected chi connectivity index (χ4v) is 2.67. The minimum Gasteiger partial charge on any atom is -0.415 e. The molecule has 2 nitrogen and oxygen atoms in total. The van der Waals surface area contributed by atoms with Crippen LogP contribution >= 0.6 is 0 Å². The summed E-state index contributed by atoms with van der Waals surface area (Å²) in [6.07, 6.45) is 1.30. The molecule has 0 spiro atoms. The predicted octanol–water partition coefficient (Wildman–Crippen LogP) is 3.01. The Bertz CT molecular complexity index is 210. The van der Waals surface area contributed by atoms with Crippen molar-refractivity contribution in [3.05, 3.63) is 0 Å². The third kappa shape index (κ3) is 3.30. The summed E-state index contributed by atoms with van der Waals surface area (Å²) in [6.45, 7) is 15.9. The van der Waals surface area contributed by atoms with E-state index >= 15 is 0 Å². The minimum atomic E-state index is -1.54. The van der Waals surface area contributed by atoms with E-state index < -0.39 is 8.32 Å². The van der Waals surface area contributed by atoms with Gasteiger partial charge in [-0.15, -0.1) is 0 Å². The maximum absolute atomic E-state index is 6.22. The van der Waals surface area contributed by atoms with Gasteiger partial charge in [-0.3, -0.25) is 0 Å². The van der Waals surface area contributed by atoms with Crippen LogP contribution in [0, 0.1) is 5.92 Å². The molecule has 2 atom stereocenters. The fourth-order valence-electron chi connectivity index (χ4n) is 1.64. The Morgan fingerprint density at radius 3 is 2.33 bits per heavy atom. The Hall–Kier alpha value is 0.137. The maximum Gasteiger partial charge on any atom is 0.192 e. The van der Waals surface area contributed by atoms with Crippen LogP contribution in [0.5, 0.6) is 0 Å². The van der Waals surface area contributed by atoms with Crippen molar-refractivity contribution in [3.8, 4) is 0 Å². The molecule has 1 aliphatic heterocycles. The number of hydrogen-bond donors (Lipinski definition) is 1. The molecule has 1 rings (SSSR count). The first kappa shape index (κ1) is 13.2. The normalized spacial score (nSPS) is 28.4. The van der Waals surface area contributed by atoms with E-state index in [0.29, 0.717) is 11.1 Å². The van der Waals surface area contributed by atoms with Crippen LogP contribution in [0.1, 0.15) is 34.1 Å². The molecule has 1 saturated heterocycles. The molecular formula is C12H27NOSi. The summed E-state index contributed by atoms with van der Waals surface area (Å²) in [6, 6.07) is 0.583. The molecule has 0 amide bonds. The third-order valence-electron chi connectivity index (χ3n) is 4.12. The molecule has 1 N–H and O–H groups in total. The van der Waals surface area contributed by atoms with Crippen molar-refractivity contribution >= 4 is 8.32 Å². The van der Waals surface area contributed by atoms with Gasteiger partial charge >= 0.3 is 0 Å². The predicted molar refractivity (Wildman–Crippen MR) is 68.7 cm³/mol. The van der Waals surface area contributed by atoms with Gasteiger partial charge in [-0.2, -0.15) is 0 Å². The van der Waals surface area contributed by atoms with Crippen molar-refractivity contribution in [2.75, 3.05) is 13.2 Å². The van der Waals surface area contributed by atoms with Gasteiger partial charge in [-0.1, -0.05) is 27.7 Å². The first-order valence-corrected chi connectivity index (χ1v) is 9.02. The summed E-state index contributed by atoms with van der Waals surface area (Å²) >= 11 is 0. The third-order valence-corrected chi connectivity index (χ3v) is 8.62. The zero-order valence-corrected chi connectivity index (χ0v) is 12.2. The lowest BCUT2D eigenvalue weighted by Gasteiger charge is -2.37. The molecule has 1 aliphatic rings. The molecule has 0 radical (unpaired) electrons. The van der Waals surface area contributed by atoms with Gasteiger partial charge in [0.1, 0.15) is 0 Å². The molecule has 0 saturated carbocycles. The van der Waals surface area contributed by atoms with Gasteiger partial charge in [0, 0.05) is 12.6 Å². The SMILES string of the molecule is C[C@H]1CCN[C@@H]1CO[Si](C)(C)C(C)(C)C. The van der Waals surface area contributed by atoms with E-state index in [9.17, 15) is 0 Å². The Morgan fingerprint density at radius 2 is 1.93 bits per heavy atom. The van der Waals surface area contributed by atoms with E-state index in [-0.39, 0.29) is 0 Å². The smallest absolute Gasteiger partial charge is 0.192 e. The molecule has 0 aromatic carbocycles. The van der Waals surface area contributed by atoms with Crippen LogP contribution in [0.25, 0.3) is 0 Å². The largest absolute Gasteiger partial charge is 0.415 e. The molecule has 0 aromatic rings. The standard InChI is InChI=1S/C12H27NOSi/c1-10-7-8-13-11(10)9-14-15(5,6)12(2,3)4/h10-11,13H,7-9H2,1-6H3/t10-,11+/m0/s1. The van der Waals surface area contributed by atoms with Crippen LogP contribution in [0.3, 0.4) is 0 Å². The molecular weight excluding hydrogens is 202 g/mol.